The van der Waals surface area contributed by atoms with Crippen LogP contribution in [0.1, 0.15) is 44.2 Å². The molecular weight excluding hydrogens is 255 g/mol. The Hall–Kier alpha value is -1.13. The minimum atomic E-state index is -0.333. The van der Waals surface area contributed by atoms with Crippen LogP contribution in [-0.4, -0.2) is 35.2 Å². The lowest BCUT2D eigenvalue weighted by atomic mass is 10.0. The van der Waals surface area contributed by atoms with Gasteiger partial charge in [-0.2, -0.15) is 0 Å². The number of hydrogen-bond acceptors (Lipinski definition) is 3. The van der Waals surface area contributed by atoms with Crippen LogP contribution in [0, 0.1) is 5.82 Å². The Bertz CT molecular complexity index is 468. The summed E-state index contributed by atoms with van der Waals surface area (Å²) in [6.45, 7) is 4.31. The van der Waals surface area contributed by atoms with Gasteiger partial charge in [-0.15, -0.1) is 0 Å². The first kappa shape index (κ1) is 13.8. The van der Waals surface area contributed by atoms with Crippen molar-refractivity contribution in [1.82, 2.24) is 10.2 Å². The van der Waals surface area contributed by atoms with E-state index in [0.717, 1.165) is 32.0 Å². The van der Waals surface area contributed by atoms with Gasteiger partial charge >= 0.3 is 0 Å². The van der Waals surface area contributed by atoms with Crippen LogP contribution in [0.15, 0.2) is 18.2 Å². The molecular formula is C16H23FN2O. The van der Waals surface area contributed by atoms with Crippen molar-refractivity contribution in [2.45, 2.75) is 50.7 Å². The summed E-state index contributed by atoms with van der Waals surface area (Å²) >= 11 is 0. The number of aromatic hydroxyl groups is 1. The lowest BCUT2D eigenvalue weighted by Gasteiger charge is -2.34. The van der Waals surface area contributed by atoms with Crippen LogP contribution in [0.25, 0.3) is 0 Å². The summed E-state index contributed by atoms with van der Waals surface area (Å²) in [4.78, 5) is 2.59. The molecule has 1 saturated heterocycles. The second-order valence-corrected chi connectivity index (χ2v) is 6.14. The van der Waals surface area contributed by atoms with Gasteiger partial charge in [0, 0.05) is 29.8 Å². The minimum absolute atomic E-state index is 0.0174. The maximum atomic E-state index is 13.8. The molecule has 20 heavy (non-hydrogen) atoms. The van der Waals surface area contributed by atoms with Crippen molar-refractivity contribution < 1.29 is 9.50 Å². The third-order valence-electron chi connectivity index (χ3n) is 4.53. The molecule has 3 rings (SSSR count). The van der Waals surface area contributed by atoms with Crippen LogP contribution >= 0.6 is 0 Å². The number of halogens is 1. The van der Waals surface area contributed by atoms with Crippen molar-refractivity contribution in [1.29, 1.82) is 0 Å². The zero-order valence-electron chi connectivity index (χ0n) is 12.0. The molecule has 0 radical (unpaired) electrons. The normalized spacial score (nSPS) is 22.9. The summed E-state index contributed by atoms with van der Waals surface area (Å²) in [5.41, 5.74) is 0.632. The summed E-state index contributed by atoms with van der Waals surface area (Å²) in [7, 11) is 0. The Kier molecular flexibility index (Phi) is 3.94. The smallest absolute Gasteiger partial charge is 0.131 e. The standard InChI is InChI=1S/C16H23FN2O/c1-11(15-5-4-14(20)10-16(15)17)18-12-6-8-19(9-7-12)13-2-3-13/h4-5,10-13,18,20H,2-3,6-9H2,1H3. The summed E-state index contributed by atoms with van der Waals surface area (Å²) in [5.74, 6) is -0.350. The number of rotatable bonds is 4. The van der Waals surface area contributed by atoms with E-state index in [1.54, 1.807) is 12.1 Å². The van der Waals surface area contributed by atoms with Crippen molar-refractivity contribution in [3.8, 4) is 5.75 Å². The Morgan fingerprint density at radius 3 is 2.55 bits per heavy atom. The van der Waals surface area contributed by atoms with Gasteiger partial charge in [0.05, 0.1) is 0 Å². The van der Waals surface area contributed by atoms with E-state index in [1.165, 1.54) is 18.9 Å². The minimum Gasteiger partial charge on any atom is -0.508 e. The number of nitrogens with zero attached hydrogens (tertiary/aromatic N) is 1. The van der Waals surface area contributed by atoms with Gasteiger partial charge < -0.3 is 15.3 Å². The second kappa shape index (κ2) is 5.70. The number of nitrogens with one attached hydrogen (secondary N) is 1. The topological polar surface area (TPSA) is 35.5 Å². The number of hydrogen-bond donors (Lipinski definition) is 2. The average molecular weight is 278 g/mol. The molecule has 2 fully saturated rings. The van der Waals surface area contributed by atoms with E-state index >= 15 is 0 Å². The highest BCUT2D eigenvalue weighted by atomic mass is 19.1. The van der Waals surface area contributed by atoms with Crippen molar-refractivity contribution in [3.05, 3.63) is 29.6 Å². The number of phenolic OH excluding ortho intramolecular Hbond substituents is 1. The van der Waals surface area contributed by atoms with Crippen molar-refractivity contribution in [2.24, 2.45) is 0 Å². The molecule has 1 aromatic rings. The Morgan fingerprint density at radius 2 is 1.95 bits per heavy atom. The van der Waals surface area contributed by atoms with Gasteiger partial charge in [0.1, 0.15) is 11.6 Å². The molecule has 2 aliphatic rings. The second-order valence-electron chi connectivity index (χ2n) is 6.14. The van der Waals surface area contributed by atoms with E-state index in [2.05, 4.69) is 10.2 Å². The Labute approximate surface area is 119 Å². The molecule has 1 aromatic carbocycles. The van der Waals surface area contributed by atoms with Gasteiger partial charge in [0.2, 0.25) is 0 Å². The predicted octanol–water partition coefficient (Wildman–Crippen LogP) is 2.81. The van der Waals surface area contributed by atoms with Crippen molar-refractivity contribution >= 4 is 0 Å². The van der Waals surface area contributed by atoms with Crippen LogP contribution < -0.4 is 5.32 Å². The van der Waals surface area contributed by atoms with Gasteiger partial charge in [0.25, 0.3) is 0 Å². The number of benzene rings is 1. The number of phenols is 1. The molecule has 0 aromatic heterocycles. The SMILES string of the molecule is CC(NC1CCN(C2CC2)CC1)c1ccc(O)cc1F. The monoisotopic (exact) mass is 278 g/mol. The first-order chi connectivity index (χ1) is 9.63. The summed E-state index contributed by atoms with van der Waals surface area (Å²) in [6, 6.07) is 5.70. The summed E-state index contributed by atoms with van der Waals surface area (Å²) in [5, 5.41) is 12.8. The largest absolute Gasteiger partial charge is 0.508 e. The van der Waals surface area contributed by atoms with E-state index in [1.807, 2.05) is 6.92 Å². The molecule has 1 unspecified atom stereocenters. The molecule has 1 aliphatic carbocycles. The van der Waals surface area contributed by atoms with Crippen LogP contribution in [0.2, 0.25) is 0 Å². The quantitative estimate of drug-likeness (QED) is 0.889. The lowest BCUT2D eigenvalue weighted by molar-refractivity contribution is 0.184. The van der Waals surface area contributed by atoms with Gasteiger partial charge in [-0.05, 0) is 51.8 Å². The first-order valence-electron chi connectivity index (χ1n) is 7.62. The molecule has 2 N–H and O–H groups in total. The zero-order chi connectivity index (χ0) is 14.1. The number of piperidine rings is 1. The van der Waals surface area contributed by atoms with Gasteiger partial charge in [0.15, 0.2) is 0 Å². The molecule has 110 valence electrons. The molecule has 1 saturated carbocycles. The van der Waals surface area contributed by atoms with Crippen molar-refractivity contribution in [2.75, 3.05) is 13.1 Å². The maximum Gasteiger partial charge on any atom is 0.131 e. The summed E-state index contributed by atoms with van der Waals surface area (Å²) < 4.78 is 13.8. The maximum absolute atomic E-state index is 13.8. The number of likely N-dealkylation sites (tertiary alicyclic amines) is 1. The van der Waals surface area contributed by atoms with E-state index < -0.39 is 0 Å². The third kappa shape index (κ3) is 3.13. The molecule has 4 heteroatoms. The van der Waals surface area contributed by atoms with E-state index in [4.69, 9.17) is 0 Å². The molecule has 1 heterocycles. The molecule has 0 amide bonds. The molecule has 1 aliphatic heterocycles. The molecule has 0 spiro atoms. The van der Waals surface area contributed by atoms with Gasteiger partial charge in [-0.25, -0.2) is 4.39 Å². The van der Waals surface area contributed by atoms with E-state index in [0.29, 0.717) is 11.6 Å². The third-order valence-corrected chi connectivity index (χ3v) is 4.53. The Balaban J connectivity index is 1.54. The molecule has 0 bridgehead atoms. The fraction of sp³-hybridized carbons (Fsp3) is 0.625. The van der Waals surface area contributed by atoms with Crippen molar-refractivity contribution in [3.63, 3.8) is 0 Å². The van der Waals surface area contributed by atoms with Crippen LogP contribution in [0.4, 0.5) is 4.39 Å². The predicted molar refractivity (Wildman–Crippen MR) is 77.2 cm³/mol. The van der Waals surface area contributed by atoms with Gasteiger partial charge in [-0.3, -0.25) is 0 Å². The van der Waals surface area contributed by atoms with Crippen LogP contribution in [-0.2, 0) is 0 Å². The van der Waals surface area contributed by atoms with Crippen LogP contribution in [0.5, 0.6) is 5.75 Å². The average Bonchev–Trinajstić information content (AvgIpc) is 3.23. The lowest BCUT2D eigenvalue weighted by Crippen LogP contribution is -2.44. The van der Waals surface area contributed by atoms with E-state index in [-0.39, 0.29) is 17.6 Å². The highest BCUT2D eigenvalue weighted by molar-refractivity contribution is 5.29. The first-order valence-corrected chi connectivity index (χ1v) is 7.62. The molecule has 1 atom stereocenters. The highest BCUT2D eigenvalue weighted by Crippen LogP contribution is 2.30. The summed E-state index contributed by atoms with van der Waals surface area (Å²) in [6.07, 6.45) is 5.02. The van der Waals surface area contributed by atoms with Crippen LogP contribution in [0.3, 0.4) is 0 Å². The van der Waals surface area contributed by atoms with Gasteiger partial charge in [-0.1, -0.05) is 6.07 Å². The van der Waals surface area contributed by atoms with E-state index in [9.17, 15) is 9.50 Å². The zero-order valence-corrected chi connectivity index (χ0v) is 12.0. The fourth-order valence-electron chi connectivity index (χ4n) is 3.18. The molecule has 3 nitrogen and oxygen atoms in total. The highest BCUT2D eigenvalue weighted by Gasteiger charge is 2.32. The Morgan fingerprint density at radius 1 is 1.25 bits per heavy atom. The fourth-order valence-corrected chi connectivity index (χ4v) is 3.18.